The highest BCUT2D eigenvalue weighted by atomic mass is 16.3. The Hall–Kier alpha value is -1.36. The van der Waals surface area contributed by atoms with Crippen LogP contribution in [0.1, 0.15) is 24.6 Å². The minimum atomic E-state index is 0.0380. The molecule has 0 spiro atoms. The maximum absolute atomic E-state index is 8.73. The van der Waals surface area contributed by atoms with Gasteiger partial charge in [0.1, 0.15) is 11.3 Å². The molecule has 0 aliphatic heterocycles. The lowest BCUT2D eigenvalue weighted by molar-refractivity contribution is 0.282. The number of para-hydroxylation sites is 1. The Morgan fingerprint density at radius 2 is 2.11 bits per heavy atom. The molecular weight excluding hydrogens is 228 g/mol. The number of furan rings is 1. The number of unbranched alkanes of at least 4 members (excludes halogenated alkanes) is 1. The van der Waals surface area contributed by atoms with E-state index in [0.29, 0.717) is 6.54 Å². The van der Waals surface area contributed by atoms with Crippen LogP contribution in [-0.4, -0.2) is 24.8 Å². The van der Waals surface area contributed by atoms with E-state index in [1.165, 1.54) is 0 Å². The minimum absolute atomic E-state index is 0.0380. The van der Waals surface area contributed by atoms with Crippen LogP contribution in [0.25, 0.3) is 11.0 Å². The molecule has 4 nitrogen and oxygen atoms in total. The van der Waals surface area contributed by atoms with Crippen molar-refractivity contribution in [3.05, 3.63) is 36.1 Å². The van der Waals surface area contributed by atoms with E-state index in [2.05, 4.69) is 5.32 Å². The minimum Gasteiger partial charge on any atom is -0.459 e. The zero-order chi connectivity index (χ0) is 12.8. The molecule has 1 atom stereocenters. The first-order valence-electron chi connectivity index (χ1n) is 6.38. The summed E-state index contributed by atoms with van der Waals surface area (Å²) in [5.41, 5.74) is 6.66. The molecule has 98 valence electrons. The summed E-state index contributed by atoms with van der Waals surface area (Å²) < 4.78 is 5.79. The molecule has 2 aromatic rings. The van der Waals surface area contributed by atoms with Crippen molar-refractivity contribution in [2.45, 2.75) is 18.9 Å². The SMILES string of the molecule is NCC(NCCCCO)c1cc2ccccc2o1. The monoisotopic (exact) mass is 248 g/mol. The molecule has 4 heteroatoms. The van der Waals surface area contributed by atoms with Gasteiger partial charge >= 0.3 is 0 Å². The second-order valence-corrected chi connectivity index (χ2v) is 4.36. The summed E-state index contributed by atoms with van der Waals surface area (Å²) in [7, 11) is 0. The molecular formula is C14H20N2O2. The average molecular weight is 248 g/mol. The van der Waals surface area contributed by atoms with Gasteiger partial charge in [-0.15, -0.1) is 0 Å². The van der Waals surface area contributed by atoms with Crippen molar-refractivity contribution in [1.82, 2.24) is 5.32 Å². The Morgan fingerprint density at radius 3 is 2.83 bits per heavy atom. The number of nitrogens with two attached hydrogens (primary N) is 1. The van der Waals surface area contributed by atoms with Gasteiger partial charge in [-0.25, -0.2) is 0 Å². The number of aliphatic hydroxyl groups excluding tert-OH is 1. The van der Waals surface area contributed by atoms with Crippen LogP contribution in [-0.2, 0) is 0 Å². The lowest BCUT2D eigenvalue weighted by atomic mass is 10.2. The van der Waals surface area contributed by atoms with Gasteiger partial charge in [-0.05, 0) is 31.5 Å². The van der Waals surface area contributed by atoms with Crippen LogP contribution in [0, 0.1) is 0 Å². The molecule has 4 N–H and O–H groups in total. The molecule has 0 aliphatic carbocycles. The van der Waals surface area contributed by atoms with E-state index in [0.717, 1.165) is 36.1 Å². The maximum Gasteiger partial charge on any atom is 0.134 e. The van der Waals surface area contributed by atoms with Gasteiger partial charge in [0.05, 0.1) is 6.04 Å². The van der Waals surface area contributed by atoms with Crippen molar-refractivity contribution in [3.63, 3.8) is 0 Å². The van der Waals surface area contributed by atoms with Crippen LogP contribution in [0.4, 0.5) is 0 Å². The Labute approximate surface area is 107 Å². The van der Waals surface area contributed by atoms with Crippen LogP contribution in [0.15, 0.2) is 34.7 Å². The fourth-order valence-corrected chi connectivity index (χ4v) is 1.99. The Bertz CT molecular complexity index is 448. The van der Waals surface area contributed by atoms with Crippen molar-refractivity contribution in [2.75, 3.05) is 19.7 Å². The van der Waals surface area contributed by atoms with Crippen molar-refractivity contribution < 1.29 is 9.52 Å². The van der Waals surface area contributed by atoms with E-state index in [4.69, 9.17) is 15.3 Å². The average Bonchev–Trinajstić information content (AvgIpc) is 2.82. The first-order chi connectivity index (χ1) is 8.85. The second kappa shape index (κ2) is 6.54. The smallest absolute Gasteiger partial charge is 0.134 e. The molecule has 1 aromatic heterocycles. The van der Waals surface area contributed by atoms with Gasteiger partial charge in [-0.2, -0.15) is 0 Å². The summed E-state index contributed by atoms with van der Waals surface area (Å²) >= 11 is 0. The van der Waals surface area contributed by atoms with E-state index < -0.39 is 0 Å². The molecule has 1 heterocycles. The van der Waals surface area contributed by atoms with Gasteiger partial charge < -0.3 is 20.6 Å². The largest absolute Gasteiger partial charge is 0.459 e. The third kappa shape index (κ3) is 3.10. The highest BCUT2D eigenvalue weighted by Gasteiger charge is 2.13. The van der Waals surface area contributed by atoms with Crippen LogP contribution < -0.4 is 11.1 Å². The molecule has 0 saturated carbocycles. The maximum atomic E-state index is 8.73. The number of hydrogen-bond donors (Lipinski definition) is 3. The standard InChI is InChI=1S/C14H20N2O2/c15-10-12(16-7-3-4-8-17)14-9-11-5-1-2-6-13(11)18-14/h1-2,5-6,9,12,16-17H,3-4,7-8,10,15H2. The fourth-order valence-electron chi connectivity index (χ4n) is 1.99. The molecule has 1 aromatic carbocycles. The number of benzene rings is 1. The van der Waals surface area contributed by atoms with Crippen LogP contribution in [0.3, 0.4) is 0 Å². The van der Waals surface area contributed by atoms with E-state index in [1.54, 1.807) is 0 Å². The van der Waals surface area contributed by atoms with Gasteiger partial charge in [0.25, 0.3) is 0 Å². The third-order valence-electron chi connectivity index (χ3n) is 3.00. The normalized spacial score (nSPS) is 13.0. The van der Waals surface area contributed by atoms with E-state index >= 15 is 0 Å². The highest BCUT2D eigenvalue weighted by molar-refractivity contribution is 5.77. The molecule has 0 aliphatic rings. The fraction of sp³-hybridized carbons (Fsp3) is 0.429. The molecule has 0 saturated heterocycles. The number of fused-ring (bicyclic) bond motifs is 1. The topological polar surface area (TPSA) is 71.4 Å². The number of nitrogens with one attached hydrogen (secondary N) is 1. The first-order valence-corrected chi connectivity index (χ1v) is 6.38. The van der Waals surface area contributed by atoms with Crippen LogP contribution in [0.2, 0.25) is 0 Å². The third-order valence-corrected chi connectivity index (χ3v) is 3.00. The first kappa shape index (κ1) is 13.1. The van der Waals surface area contributed by atoms with Gasteiger partial charge in [0.15, 0.2) is 0 Å². The van der Waals surface area contributed by atoms with Gasteiger partial charge in [-0.3, -0.25) is 0 Å². The molecule has 0 radical (unpaired) electrons. The highest BCUT2D eigenvalue weighted by Crippen LogP contribution is 2.23. The molecule has 0 fully saturated rings. The predicted octanol–water partition coefficient (Wildman–Crippen LogP) is 1.79. The number of hydrogen-bond acceptors (Lipinski definition) is 4. The molecule has 0 amide bonds. The Balaban J connectivity index is 2.02. The van der Waals surface area contributed by atoms with Crippen molar-refractivity contribution in [1.29, 1.82) is 0 Å². The Kier molecular flexibility index (Phi) is 4.75. The van der Waals surface area contributed by atoms with Crippen molar-refractivity contribution in [3.8, 4) is 0 Å². The van der Waals surface area contributed by atoms with Gasteiger partial charge in [-0.1, -0.05) is 18.2 Å². The molecule has 1 unspecified atom stereocenters. The van der Waals surface area contributed by atoms with E-state index in [-0.39, 0.29) is 12.6 Å². The molecule has 0 bridgehead atoms. The quantitative estimate of drug-likeness (QED) is 0.653. The number of aliphatic hydroxyl groups is 1. The summed E-state index contributed by atoms with van der Waals surface area (Å²) in [5, 5.41) is 13.2. The second-order valence-electron chi connectivity index (χ2n) is 4.36. The van der Waals surface area contributed by atoms with Gasteiger partial charge in [0.2, 0.25) is 0 Å². The summed E-state index contributed by atoms with van der Waals surface area (Å²) in [6.45, 7) is 1.57. The molecule has 2 rings (SSSR count). The zero-order valence-corrected chi connectivity index (χ0v) is 10.4. The Morgan fingerprint density at radius 1 is 1.28 bits per heavy atom. The van der Waals surface area contributed by atoms with Crippen LogP contribution in [0.5, 0.6) is 0 Å². The predicted molar refractivity (Wildman–Crippen MR) is 72.3 cm³/mol. The van der Waals surface area contributed by atoms with E-state index in [1.807, 2.05) is 30.3 Å². The molecule has 18 heavy (non-hydrogen) atoms. The summed E-state index contributed by atoms with van der Waals surface area (Å²) in [6, 6.07) is 10.0. The van der Waals surface area contributed by atoms with Crippen molar-refractivity contribution >= 4 is 11.0 Å². The number of rotatable bonds is 7. The lowest BCUT2D eigenvalue weighted by Crippen LogP contribution is -2.28. The summed E-state index contributed by atoms with van der Waals surface area (Å²) in [4.78, 5) is 0. The zero-order valence-electron chi connectivity index (χ0n) is 10.4. The van der Waals surface area contributed by atoms with Crippen LogP contribution >= 0.6 is 0 Å². The lowest BCUT2D eigenvalue weighted by Gasteiger charge is -2.13. The summed E-state index contributed by atoms with van der Waals surface area (Å²) in [6.07, 6.45) is 1.75. The van der Waals surface area contributed by atoms with Gasteiger partial charge in [0, 0.05) is 18.5 Å². The van der Waals surface area contributed by atoms with Crippen molar-refractivity contribution in [2.24, 2.45) is 5.73 Å². The summed E-state index contributed by atoms with van der Waals surface area (Å²) in [5.74, 6) is 0.877. The van der Waals surface area contributed by atoms with E-state index in [9.17, 15) is 0 Å².